The lowest BCUT2D eigenvalue weighted by Gasteiger charge is -2.08. The molecular weight excluding hydrogens is 256 g/mol. The highest BCUT2D eigenvalue weighted by Crippen LogP contribution is 2.23. The Kier molecular flexibility index (Phi) is 4.58. The van der Waals surface area contributed by atoms with Gasteiger partial charge in [-0.2, -0.15) is 0 Å². The summed E-state index contributed by atoms with van der Waals surface area (Å²) in [6, 6.07) is 13.6. The third-order valence-electron chi connectivity index (χ3n) is 3.05. The van der Waals surface area contributed by atoms with E-state index in [9.17, 15) is 0 Å². The molecule has 0 amide bonds. The Morgan fingerprint density at radius 3 is 2.43 bits per heavy atom. The van der Waals surface area contributed by atoms with E-state index < -0.39 is 0 Å². The molecule has 0 aliphatic heterocycles. The zero-order valence-corrected chi connectivity index (χ0v) is 12.4. The number of nitrogen functional groups attached to an aromatic ring is 1. The minimum atomic E-state index is 0.466. The van der Waals surface area contributed by atoms with Crippen molar-refractivity contribution in [1.29, 1.82) is 0 Å². The molecule has 0 aliphatic carbocycles. The van der Waals surface area contributed by atoms with Gasteiger partial charge in [0.25, 0.3) is 0 Å². The molecule has 1 heterocycles. The molecule has 0 fully saturated rings. The number of pyridine rings is 1. The molecule has 2 heteroatoms. The van der Waals surface area contributed by atoms with Crippen molar-refractivity contribution in [1.82, 2.24) is 4.98 Å². The number of nitrogens with zero attached hydrogens (tertiary/aromatic N) is 1. The number of anilines is 1. The number of benzene rings is 1. The number of hydrogen-bond acceptors (Lipinski definition) is 2. The van der Waals surface area contributed by atoms with Gasteiger partial charge in [-0.05, 0) is 49.6 Å². The van der Waals surface area contributed by atoms with Gasteiger partial charge < -0.3 is 5.73 Å². The number of allylic oxidation sites excluding steroid dienone is 3. The molecular formula is C19H18N2. The molecule has 1 aromatic carbocycles. The van der Waals surface area contributed by atoms with Crippen molar-refractivity contribution in [2.24, 2.45) is 0 Å². The van der Waals surface area contributed by atoms with E-state index in [-0.39, 0.29) is 0 Å². The highest BCUT2D eigenvalue weighted by Gasteiger charge is 2.07. The predicted octanol–water partition coefficient (Wildman–Crippen LogP) is 4.04. The van der Waals surface area contributed by atoms with Crippen LogP contribution in [0.3, 0.4) is 0 Å². The quantitative estimate of drug-likeness (QED) is 0.663. The van der Waals surface area contributed by atoms with Gasteiger partial charge in [0.2, 0.25) is 0 Å². The van der Waals surface area contributed by atoms with Crippen LogP contribution in [-0.4, -0.2) is 4.98 Å². The summed E-state index contributed by atoms with van der Waals surface area (Å²) in [5.74, 6) is 6.70. The van der Waals surface area contributed by atoms with E-state index in [1.807, 2.05) is 56.3 Å². The van der Waals surface area contributed by atoms with E-state index in [4.69, 9.17) is 5.73 Å². The molecule has 0 atom stereocenters. The van der Waals surface area contributed by atoms with Crippen LogP contribution in [0.4, 0.5) is 5.82 Å². The third kappa shape index (κ3) is 3.61. The fourth-order valence-electron chi connectivity index (χ4n) is 2.02. The van der Waals surface area contributed by atoms with Crippen LogP contribution in [0.1, 0.15) is 30.7 Å². The zero-order valence-electron chi connectivity index (χ0n) is 12.4. The first kappa shape index (κ1) is 14.6. The fraction of sp³-hybridized carbons (Fsp3) is 0.105. The molecule has 0 radical (unpaired) electrons. The summed E-state index contributed by atoms with van der Waals surface area (Å²) in [4.78, 5) is 4.36. The van der Waals surface area contributed by atoms with Gasteiger partial charge in [0.1, 0.15) is 11.5 Å². The van der Waals surface area contributed by atoms with Crippen LogP contribution in [0.15, 0.2) is 60.7 Å². The van der Waals surface area contributed by atoms with Gasteiger partial charge in [-0.1, -0.05) is 42.3 Å². The van der Waals surface area contributed by atoms with E-state index in [0.29, 0.717) is 11.5 Å². The van der Waals surface area contributed by atoms with Crippen LogP contribution in [-0.2, 0) is 0 Å². The van der Waals surface area contributed by atoms with Crippen molar-refractivity contribution >= 4 is 11.4 Å². The normalized spacial score (nSPS) is 9.43. The maximum absolute atomic E-state index is 5.79. The van der Waals surface area contributed by atoms with E-state index in [1.165, 1.54) is 5.57 Å². The van der Waals surface area contributed by atoms with Crippen LogP contribution in [0, 0.1) is 11.8 Å². The molecule has 1 aromatic heterocycles. The molecule has 0 saturated heterocycles. The summed E-state index contributed by atoms with van der Waals surface area (Å²) in [5.41, 5.74) is 10.6. The summed E-state index contributed by atoms with van der Waals surface area (Å²) in [7, 11) is 0. The summed E-state index contributed by atoms with van der Waals surface area (Å²) in [5, 5.41) is 0. The number of aromatic nitrogens is 1. The smallest absolute Gasteiger partial charge is 0.124 e. The van der Waals surface area contributed by atoms with Crippen molar-refractivity contribution in [2.45, 2.75) is 13.8 Å². The van der Waals surface area contributed by atoms with Crippen molar-refractivity contribution in [3.63, 3.8) is 0 Å². The number of hydrogen-bond donors (Lipinski definition) is 1. The Morgan fingerprint density at radius 1 is 1.10 bits per heavy atom. The van der Waals surface area contributed by atoms with Crippen LogP contribution in [0.5, 0.6) is 0 Å². The van der Waals surface area contributed by atoms with Gasteiger partial charge in [-0.3, -0.25) is 0 Å². The van der Waals surface area contributed by atoms with Gasteiger partial charge >= 0.3 is 0 Å². The van der Waals surface area contributed by atoms with Gasteiger partial charge in [0, 0.05) is 11.1 Å². The predicted molar refractivity (Wildman–Crippen MR) is 89.5 cm³/mol. The molecule has 2 nitrogen and oxygen atoms in total. The highest BCUT2D eigenvalue weighted by molar-refractivity contribution is 5.79. The van der Waals surface area contributed by atoms with Crippen molar-refractivity contribution in [3.05, 3.63) is 77.5 Å². The SMILES string of the molecule is C=CC(=C(C)C)c1ccc(N)nc1C#Cc1ccccc1. The van der Waals surface area contributed by atoms with Crippen molar-refractivity contribution < 1.29 is 0 Å². The molecule has 21 heavy (non-hydrogen) atoms. The third-order valence-corrected chi connectivity index (χ3v) is 3.05. The molecule has 2 N–H and O–H groups in total. The lowest BCUT2D eigenvalue weighted by atomic mass is 10.00. The van der Waals surface area contributed by atoms with E-state index in [1.54, 1.807) is 6.07 Å². The van der Waals surface area contributed by atoms with Crippen LogP contribution in [0.2, 0.25) is 0 Å². The van der Waals surface area contributed by atoms with Gasteiger partial charge in [-0.15, -0.1) is 0 Å². The van der Waals surface area contributed by atoms with Gasteiger partial charge in [0.05, 0.1) is 0 Å². The average Bonchev–Trinajstić information content (AvgIpc) is 2.48. The number of nitrogens with two attached hydrogens (primary N) is 1. The Morgan fingerprint density at radius 2 is 1.81 bits per heavy atom. The Hall–Kier alpha value is -2.79. The Labute approximate surface area is 126 Å². The van der Waals surface area contributed by atoms with Crippen LogP contribution in [0.25, 0.3) is 5.57 Å². The topological polar surface area (TPSA) is 38.9 Å². The second kappa shape index (κ2) is 6.58. The highest BCUT2D eigenvalue weighted by atomic mass is 14.8. The summed E-state index contributed by atoms with van der Waals surface area (Å²) < 4.78 is 0. The summed E-state index contributed by atoms with van der Waals surface area (Å²) in [6.07, 6.45) is 1.83. The Balaban J connectivity index is 2.54. The first-order valence-electron chi connectivity index (χ1n) is 6.75. The molecule has 0 bridgehead atoms. The minimum Gasteiger partial charge on any atom is -0.384 e. The fourth-order valence-corrected chi connectivity index (χ4v) is 2.02. The maximum Gasteiger partial charge on any atom is 0.124 e. The molecule has 0 spiro atoms. The van der Waals surface area contributed by atoms with Crippen LogP contribution >= 0.6 is 0 Å². The standard InChI is InChI=1S/C19H18N2/c1-4-16(14(2)3)17-11-13-19(20)21-18(17)12-10-15-8-6-5-7-9-15/h4-9,11,13H,1H2,2-3H3,(H2,20,21). The molecule has 2 aromatic rings. The molecule has 2 rings (SSSR count). The van der Waals surface area contributed by atoms with E-state index >= 15 is 0 Å². The van der Waals surface area contributed by atoms with Crippen molar-refractivity contribution in [2.75, 3.05) is 5.73 Å². The van der Waals surface area contributed by atoms with Crippen molar-refractivity contribution in [3.8, 4) is 11.8 Å². The molecule has 0 aliphatic rings. The monoisotopic (exact) mass is 274 g/mol. The zero-order chi connectivity index (χ0) is 15.2. The second-order valence-electron chi connectivity index (χ2n) is 4.87. The van der Waals surface area contributed by atoms with E-state index in [2.05, 4.69) is 23.4 Å². The van der Waals surface area contributed by atoms with Gasteiger partial charge in [0.15, 0.2) is 0 Å². The molecule has 0 unspecified atom stereocenters. The van der Waals surface area contributed by atoms with E-state index in [0.717, 1.165) is 16.7 Å². The lowest BCUT2D eigenvalue weighted by molar-refractivity contribution is 1.27. The molecule has 104 valence electrons. The van der Waals surface area contributed by atoms with Crippen LogP contribution < -0.4 is 5.73 Å². The average molecular weight is 274 g/mol. The first-order chi connectivity index (χ1) is 10.1. The number of rotatable bonds is 2. The molecule has 0 saturated carbocycles. The minimum absolute atomic E-state index is 0.466. The lowest BCUT2D eigenvalue weighted by Crippen LogP contribution is -1.98. The maximum atomic E-state index is 5.79. The summed E-state index contributed by atoms with van der Waals surface area (Å²) >= 11 is 0. The Bertz CT molecular complexity index is 740. The van der Waals surface area contributed by atoms with Gasteiger partial charge in [-0.25, -0.2) is 4.98 Å². The second-order valence-corrected chi connectivity index (χ2v) is 4.87. The first-order valence-corrected chi connectivity index (χ1v) is 6.75. The summed E-state index contributed by atoms with van der Waals surface area (Å²) in [6.45, 7) is 7.96. The largest absolute Gasteiger partial charge is 0.384 e.